The fraction of sp³-hybridized carbons (Fsp3) is 0.105. The van der Waals surface area contributed by atoms with Gasteiger partial charge in [0.1, 0.15) is 0 Å². The first-order valence-corrected chi connectivity index (χ1v) is 7.30. The van der Waals surface area contributed by atoms with Crippen molar-refractivity contribution in [3.8, 4) is 5.75 Å². The highest BCUT2D eigenvalue weighted by Gasteiger charge is 2.35. The maximum Gasteiger partial charge on any atom is 0.208 e. The summed E-state index contributed by atoms with van der Waals surface area (Å²) in [6.07, 6.45) is 2.44. The summed E-state index contributed by atoms with van der Waals surface area (Å²) in [5.41, 5.74) is 3.55. The van der Waals surface area contributed by atoms with Gasteiger partial charge in [-0.25, -0.2) is 0 Å². The molecule has 0 saturated carbocycles. The zero-order valence-corrected chi connectivity index (χ0v) is 12.1. The van der Waals surface area contributed by atoms with E-state index in [0.717, 1.165) is 28.1 Å². The van der Waals surface area contributed by atoms with Crippen LogP contribution in [0.2, 0.25) is 0 Å². The molecule has 1 aliphatic carbocycles. The van der Waals surface area contributed by atoms with Gasteiger partial charge >= 0.3 is 0 Å². The van der Waals surface area contributed by atoms with Crippen LogP contribution in [0.15, 0.2) is 72.6 Å². The number of carbonyl (C=O) groups is 1. The van der Waals surface area contributed by atoms with Crippen LogP contribution >= 0.6 is 0 Å². The van der Waals surface area contributed by atoms with Gasteiger partial charge in [-0.3, -0.25) is 4.79 Å². The first-order valence-electron chi connectivity index (χ1n) is 7.30. The standard InChI is InChI=1S/C19H15NO2/c1-2-11-20-16-9-5-6-10-17(16)22-19(20)15-12-13-7-3-4-8-14(13)18(15)21/h2-10H,1,11-12H2/b19-15-. The highest BCUT2D eigenvalue weighted by molar-refractivity contribution is 6.13. The lowest BCUT2D eigenvalue weighted by molar-refractivity contribution is 0.103. The number of benzene rings is 2. The predicted octanol–water partition coefficient (Wildman–Crippen LogP) is 3.72. The van der Waals surface area contributed by atoms with Crippen LogP contribution in [-0.4, -0.2) is 12.3 Å². The Morgan fingerprint density at radius 2 is 1.91 bits per heavy atom. The van der Waals surface area contributed by atoms with E-state index >= 15 is 0 Å². The molecular formula is C19H15NO2. The van der Waals surface area contributed by atoms with Gasteiger partial charge in [-0.15, -0.1) is 6.58 Å². The Balaban J connectivity index is 1.83. The monoisotopic (exact) mass is 289 g/mol. The van der Waals surface area contributed by atoms with Crippen LogP contribution in [-0.2, 0) is 6.42 Å². The molecule has 2 aromatic rings. The van der Waals surface area contributed by atoms with E-state index < -0.39 is 0 Å². The number of Topliss-reactive ketones (excluding diaryl/α,β-unsaturated/α-hetero) is 1. The maximum atomic E-state index is 12.7. The summed E-state index contributed by atoms with van der Waals surface area (Å²) in [4.78, 5) is 14.7. The Bertz CT molecular complexity index is 820. The summed E-state index contributed by atoms with van der Waals surface area (Å²) in [7, 11) is 0. The fourth-order valence-electron chi connectivity index (χ4n) is 3.07. The molecule has 0 spiro atoms. The molecule has 0 N–H and O–H groups in total. The number of fused-ring (bicyclic) bond motifs is 2. The number of carbonyl (C=O) groups excluding carboxylic acids is 1. The van der Waals surface area contributed by atoms with Gasteiger partial charge in [0.05, 0.1) is 11.3 Å². The summed E-state index contributed by atoms with van der Waals surface area (Å²) >= 11 is 0. The van der Waals surface area contributed by atoms with Crippen LogP contribution < -0.4 is 9.64 Å². The second-order valence-corrected chi connectivity index (χ2v) is 5.42. The number of para-hydroxylation sites is 2. The number of hydrogen-bond donors (Lipinski definition) is 0. The minimum atomic E-state index is 0.0625. The van der Waals surface area contributed by atoms with Crippen LogP contribution in [0.4, 0.5) is 5.69 Å². The summed E-state index contributed by atoms with van der Waals surface area (Å²) in [5, 5.41) is 0. The molecular weight excluding hydrogens is 274 g/mol. The molecule has 0 amide bonds. The first kappa shape index (κ1) is 12.9. The molecule has 0 atom stereocenters. The topological polar surface area (TPSA) is 29.5 Å². The lowest BCUT2D eigenvalue weighted by Gasteiger charge is -2.17. The number of anilines is 1. The summed E-state index contributed by atoms with van der Waals surface area (Å²) in [6, 6.07) is 15.6. The van der Waals surface area contributed by atoms with Crippen LogP contribution in [0.3, 0.4) is 0 Å². The van der Waals surface area contributed by atoms with Crippen LogP contribution in [0.1, 0.15) is 15.9 Å². The molecule has 1 heterocycles. The highest BCUT2D eigenvalue weighted by atomic mass is 16.5. The van der Waals surface area contributed by atoms with Gasteiger partial charge in [-0.05, 0) is 17.7 Å². The maximum absolute atomic E-state index is 12.7. The number of ether oxygens (including phenoxy) is 1. The van der Waals surface area contributed by atoms with Crippen molar-refractivity contribution in [1.82, 2.24) is 0 Å². The molecule has 0 radical (unpaired) electrons. The van der Waals surface area contributed by atoms with E-state index in [1.165, 1.54) is 0 Å². The SMILES string of the molecule is C=CCN1/C(=C2\Cc3ccccc3C2=O)Oc2ccccc21. The van der Waals surface area contributed by atoms with E-state index in [1.54, 1.807) is 0 Å². The molecule has 0 fully saturated rings. The van der Waals surface area contributed by atoms with Crippen molar-refractivity contribution in [3.05, 3.63) is 83.8 Å². The van der Waals surface area contributed by atoms with Gasteiger partial charge in [0, 0.05) is 18.5 Å². The third-order valence-electron chi connectivity index (χ3n) is 4.08. The second kappa shape index (κ2) is 4.88. The lowest BCUT2D eigenvalue weighted by atomic mass is 10.1. The Morgan fingerprint density at radius 3 is 2.73 bits per heavy atom. The van der Waals surface area contributed by atoms with E-state index in [9.17, 15) is 4.79 Å². The smallest absolute Gasteiger partial charge is 0.208 e. The Kier molecular flexibility index (Phi) is 2.86. The van der Waals surface area contributed by atoms with Gasteiger partial charge < -0.3 is 9.64 Å². The Labute approximate surface area is 129 Å². The van der Waals surface area contributed by atoms with Crippen molar-refractivity contribution in [1.29, 1.82) is 0 Å². The number of ketones is 1. The van der Waals surface area contributed by atoms with E-state index in [0.29, 0.717) is 18.8 Å². The van der Waals surface area contributed by atoms with Crippen molar-refractivity contribution in [2.45, 2.75) is 6.42 Å². The molecule has 3 heteroatoms. The van der Waals surface area contributed by atoms with E-state index in [1.807, 2.05) is 59.5 Å². The van der Waals surface area contributed by atoms with Gasteiger partial charge in [-0.1, -0.05) is 42.5 Å². The van der Waals surface area contributed by atoms with Gasteiger partial charge in [-0.2, -0.15) is 0 Å². The third-order valence-corrected chi connectivity index (χ3v) is 4.08. The minimum absolute atomic E-state index is 0.0625. The van der Waals surface area contributed by atoms with Crippen molar-refractivity contribution in [2.24, 2.45) is 0 Å². The molecule has 3 nitrogen and oxygen atoms in total. The zero-order valence-electron chi connectivity index (χ0n) is 12.1. The van der Waals surface area contributed by atoms with Gasteiger partial charge in [0.2, 0.25) is 5.88 Å². The molecule has 0 saturated heterocycles. The van der Waals surface area contributed by atoms with Crippen molar-refractivity contribution in [2.75, 3.05) is 11.4 Å². The summed E-state index contributed by atoms with van der Waals surface area (Å²) < 4.78 is 5.99. The summed E-state index contributed by atoms with van der Waals surface area (Å²) in [6.45, 7) is 4.42. The fourth-order valence-corrected chi connectivity index (χ4v) is 3.07. The van der Waals surface area contributed by atoms with Crippen molar-refractivity contribution >= 4 is 11.5 Å². The van der Waals surface area contributed by atoms with Crippen molar-refractivity contribution < 1.29 is 9.53 Å². The molecule has 0 unspecified atom stereocenters. The van der Waals surface area contributed by atoms with Crippen molar-refractivity contribution in [3.63, 3.8) is 0 Å². The van der Waals surface area contributed by atoms with Gasteiger partial charge in [0.25, 0.3) is 0 Å². The normalized spacial score (nSPS) is 18.9. The molecule has 0 aromatic heterocycles. The summed E-state index contributed by atoms with van der Waals surface area (Å²) in [5.74, 6) is 1.49. The largest absolute Gasteiger partial charge is 0.438 e. The number of rotatable bonds is 2. The minimum Gasteiger partial charge on any atom is -0.438 e. The molecule has 0 bridgehead atoms. The number of hydrogen-bond acceptors (Lipinski definition) is 3. The number of nitrogens with zero attached hydrogens (tertiary/aromatic N) is 1. The average Bonchev–Trinajstić information content (AvgIpc) is 3.07. The molecule has 2 aromatic carbocycles. The molecule has 4 rings (SSSR count). The highest BCUT2D eigenvalue weighted by Crippen LogP contribution is 2.41. The second-order valence-electron chi connectivity index (χ2n) is 5.42. The first-order chi connectivity index (χ1) is 10.8. The van der Waals surface area contributed by atoms with Crippen LogP contribution in [0.25, 0.3) is 0 Å². The number of allylic oxidation sites excluding steroid dienone is 1. The molecule has 2 aliphatic rings. The van der Waals surface area contributed by atoms with Crippen LogP contribution in [0.5, 0.6) is 5.75 Å². The third kappa shape index (κ3) is 1.79. The average molecular weight is 289 g/mol. The van der Waals surface area contributed by atoms with E-state index in [4.69, 9.17) is 4.74 Å². The van der Waals surface area contributed by atoms with Crippen LogP contribution in [0, 0.1) is 0 Å². The predicted molar refractivity (Wildman–Crippen MR) is 86.1 cm³/mol. The Hall–Kier alpha value is -2.81. The van der Waals surface area contributed by atoms with Gasteiger partial charge in [0.15, 0.2) is 11.5 Å². The lowest BCUT2D eigenvalue weighted by Crippen LogP contribution is -2.23. The molecule has 1 aliphatic heterocycles. The molecule has 108 valence electrons. The Morgan fingerprint density at radius 1 is 1.14 bits per heavy atom. The zero-order chi connectivity index (χ0) is 15.1. The van der Waals surface area contributed by atoms with E-state index in [-0.39, 0.29) is 5.78 Å². The quantitative estimate of drug-likeness (QED) is 0.623. The molecule has 22 heavy (non-hydrogen) atoms. The van der Waals surface area contributed by atoms with E-state index in [2.05, 4.69) is 6.58 Å².